The number of aryl methyl sites for hydroxylation is 2. The first kappa shape index (κ1) is 13.7. The fraction of sp³-hybridized carbons (Fsp3) is 0.611. The van der Waals surface area contributed by atoms with Crippen molar-refractivity contribution >= 4 is 5.97 Å². The van der Waals surface area contributed by atoms with E-state index in [4.69, 9.17) is 0 Å². The van der Waals surface area contributed by atoms with Crippen molar-refractivity contribution in [2.75, 3.05) is 0 Å². The molecule has 1 N–H and O–H groups in total. The van der Waals surface area contributed by atoms with Crippen LogP contribution >= 0.6 is 0 Å². The van der Waals surface area contributed by atoms with Gasteiger partial charge in [0.15, 0.2) is 0 Å². The number of carbonyl (C=O) groups is 1. The van der Waals surface area contributed by atoms with E-state index in [0.29, 0.717) is 11.8 Å². The Bertz CT molecular complexity index is 548. The van der Waals surface area contributed by atoms with E-state index in [1.165, 1.54) is 16.7 Å². The number of hydrogen-bond donors (Lipinski definition) is 1. The van der Waals surface area contributed by atoms with Gasteiger partial charge in [0, 0.05) is 0 Å². The van der Waals surface area contributed by atoms with Crippen LogP contribution in [-0.4, -0.2) is 11.1 Å². The molecule has 0 heterocycles. The summed E-state index contributed by atoms with van der Waals surface area (Å²) in [5.74, 6) is 0.704. The number of hydrogen-bond acceptors (Lipinski definition) is 1. The molecule has 3 rings (SSSR count). The number of benzene rings is 1. The molecule has 2 aliphatic carbocycles. The molecule has 1 saturated carbocycles. The van der Waals surface area contributed by atoms with Crippen LogP contribution in [0.4, 0.5) is 0 Å². The van der Waals surface area contributed by atoms with Crippen molar-refractivity contribution in [3.05, 3.63) is 34.9 Å². The van der Waals surface area contributed by atoms with Crippen molar-refractivity contribution < 1.29 is 9.90 Å². The van der Waals surface area contributed by atoms with E-state index in [0.717, 1.165) is 25.7 Å². The minimum atomic E-state index is -0.601. The Hall–Kier alpha value is -1.31. The standard InChI is InChI=1S/C18H24O2/c1-11-4-5-13-6-7-15-16(14(13)10-11)12(2)8-9-18(15,3)17(19)20/h4-5,10,12,15-16H,6-9H2,1-3H3,(H,19,20)/t12-,15-,16?,18+/m1/s1. The van der Waals surface area contributed by atoms with Gasteiger partial charge in [-0.1, -0.05) is 30.7 Å². The number of aliphatic carboxylic acids is 1. The van der Waals surface area contributed by atoms with Crippen molar-refractivity contribution in [3.63, 3.8) is 0 Å². The molecule has 108 valence electrons. The summed E-state index contributed by atoms with van der Waals surface area (Å²) in [6.45, 7) is 6.41. The average molecular weight is 272 g/mol. The monoisotopic (exact) mass is 272 g/mol. The molecule has 0 bridgehead atoms. The Labute approximate surface area is 121 Å². The van der Waals surface area contributed by atoms with E-state index >= 15 is 0 Å². The molecule has 1 aromatic rings. The largest absolute Gasteiger partial charge is 0.481 e. The average Bonchev–Trinajstić information content (AvgIpc) is 2.42. The molecule has 2 nitrogen and oxygen atoms in total. The molecule has 20 heavy (non-hydrogen) atoms. The fourth-order valence-electron chi connectivity index (χ4n) is 4.54. The molecule has 2 heteroatoms. The van der Waals surface area contributed by atoms with Gasteiger partial charge in [-0.3, -0.25) is 4.79 Å². The van der Waals surface area contributed by atoms with Crippen LogP contribution in [0.1, 0.15) is 55.7 Å². The SMILES string of the molecule is Cc1ccc2c(c1)C1[C@H](C)CC[C@](C)(C(=O)O)[C@@H]1CC2. The molecule has 0 spiro atoms. The second-order valence-corrected chi connectivity index (χ2v) is 7.11. The summed E-state index contributed by atoms with van der Waals surface area (Å²) in [5, 5.41) is 9.73. The van der Waals surface area contributed by atoms with Crippen molar-refractivity contribution in [2.45, 2.75) is 52.4 Å². The van der Waals surface area contributed by atoms with Gasteiger partial charge in [-0.2, -0.15) is 0 Å². The van der Waals surface area contributed by atoms with Crippen LogP contribution in [-0.2, 0) is 11.2 Å². The van der Waals surface area contributed by atoms with Crippen LogP contribution in [0.15, 0.2) is 18.2 Å². The summed E-state index contributed by atoms with van der Waals surface area (Å²) < 4.78 is 0. The van der Waals surface area contributed by atoms with Crippen molar-refractivity contribution in [1.82, 2.24) is 0 Å². The summed E-state index contributed by atoms with van der Waals surface area (Å²) in [5.41, 5.74) is 3.62. The molecule has 4 atom stereocenters. The fourth-order valence-corrected chi connectivity index (χ4v) is 4.54. The van der Waals surface area contributed by atoms with Gasteiger partial charge < -0.3 is 5.11 Å². The smallest absolute Gasteiger partial charge is 0.309 e. The van der Waals surface area contributed by atoms with Crippen LogP contribution in [0.25, 0.3) is 0 Å². The van der Waals surface area contributed by atoms with Crippen molar-refractivity contribution in [3.8, 4) is 0 Å². The minimum Gasteiger partial charge on any atom is -0.481 e. The van der Waals surface area contributed by atoms with Crippen molar-refractivity contribution in [2.24, 2.45) is 17.3 Å². The second-order valence-electron chi connectivity index (χ2n) is 7.11. The molecule has 0 aliphatic heterocycles. The molecule has 1 unspecified atom stereocenters. The third-order valence-corrected chi connectivity index (χ3v) is 5.86. The highest BCUT2D eigenvalue weighted by atomic mass is 16.4. The van der Waals surface area contributed by atoms with E-state index < -0.39 is 11.4 Å². The molecule has 1 fully saturated rings. The summed E-state index contributed by atoms with van der Waals surface area (Å²) in [6.07, 6.45) is 3.91. The highest BCUT2D eigenvalue weighted by Crippen LogP contribution is 2.56. The zero-order valence-electron chi connectivity index (χ0n) is 12.6. The van der Waals surface area contributed by atoms with Gasteiger partial charge in [0.25, 0.3) is 0 Å². The van der Waals surface area contributed by atoms with E-state index in [1.807, 2.05) is 6.92 Å². The molecule has 0 radical (unpaired) electrons. The predicted molar refractivity (Wildman–Crippen MR) is 79.9 cm³/mol. The lowest BCUT2D eigenvalue weighted by Crippen LogP contribution is -2.46. The third-order valence-electron chi connectivity index (χ3n) is 5.86. The maximum atomic E-state index is 11.8. The summed E-state index contributed by atoms with van der Waals surface area (Å²) in [4.78, 5) is 11.8. The van der Waals surface area contributed by atoms with Crippen LogP contribution in [0, 0.1) is 24.2 Å². The third kappa shape index (κ3) is 1.88. The van der Waals surface area contributed by atoms with Crippen LogP contribution < -0.4 is 0 Å². The first-order valence-corrected chi connectivity index (χ1v) is 7.76. The predicted octanol–water partition coefficient (Wildman–Crippen LogP) is 4.16. The lowest BCUT2D eigenvalue weighted by molar-refractivity contribution is -0.156. The number of rotatable bonds is 1. The second kappa shape index (κ2) is 4.61. The van der Waals surface area contributed by atoms with Gasteiger partial charge in [-0.25, -0.2) is 0 Å². The highest BCUT2D eigenvalue weighted by Gasteiger charge is 2.51. The van der Waals surface area contributed by atoms with E-state index in [1.54, 1.807) is 0 Å². The van der Waals surface area contributed by atoms with Crippen molar-refractivity contribution in [1.29, 1.82) is 0 Å². The zero-order chi connectivity index (χ0) is 14.5. The maximum absolute atomic E-state index is 11.8. The molecule has 0 saturated heterocycles. The Morgan fingerprint density at radius 1 is 1.35 bits per heavy atom. The van der Waals surface area contributed by atoms with Gasteiger partial charge >= 0.3 is 5.97 Å². The summed E-state index contributed by atoms with van der Waals surface area (Å²) in [7, 11) is 0. The quantitative estimate of drug-likeness (QED) is 0.833. The van der Waals surface area contributed by atoms with Gasteiger partial charge in [0.1, 0.15) is 0 Å². The lowest BCUT2D eigenvalue weighted by atomic mass is 9.54. The van der Waals surface area contributed by atoms with E-state index in [-0.39, 0.29) is 5.92 Å². The van der Waals surface area contributed by atoms with Crippen LogP contribution in [0.2, 0.25) is 0 Å². The van der Waals surface area contributed by atoms with Gasteiger partial charge in [-0.15, -0.1) is 0 Å². The normalized spacial score (nSPS) is 36.0. The summed E-state index contributed by atoms with van der Waals surface area (Å²) >= 11 is 0. The first-order chi connectivity index (χ1) is 9.43. The van der Waals surface area contributed by atoms with Crippen LogP contribution in [0.3, 0.4) is 0 Å². The van der Waals surface area contributed by atoms with Crippen LogP contribution in [0.5, 0.6) is 0 Å². The molecular formula is C18H24O2. The Balaban J connectivity index is 2.09. The first-order valence-electron chi connectivity index (χ1n) is 7.76. The Morgan fingerprint density at radius 3 is 2.80 bits per heavy atom. The Morgan fingerprint density at radius 2 is 2.10 bits per heavy atom. The molecule has 2 aliphatic rings. The van der Waals surface area contributed by atoms with Gasteiger partial charge in [0.2, 0.25) is 0 Å². The Kier molecular flexibility index (Phi) is 3.15. The lowest BCUT2D eigenvalue weighted by Gasteiger charge is -2.49. The number of carboxylic acid groups (broad SMARTS) is 1. The number of fused-ring (bicyclic) bond motifs is 3. The zero-order valence-corrected chi connectivity index (χ0v) is 12.6. The van der Waals surface area contributed by atoms with Gasteiger partial charge in [-0.05, 0) is 68.4 Å². The minimum absolute atomic E-state index is 0.290. The topological polar surface area (TPSA) is 37.3 Å². The maximum Gasteiger partial charge on any atom is 0.309 e. The summed E-state index contributed by atoms with van der Waals surface area (Å²) in [6, 6.07) is 6.74. The van der Waals surface area contributed by atoms with E-state index in [9.17, 15) is 9.90 Å². The molecule has 1 aromatic carbocycles. The van der Waals surface area contributed by atoms with E-state index in [2.05, 4.69) is 32.0 Å². The van der Waals surface area contributed by atoms with Gasteiger partial charge in [0.05, 0.1) is 5.41 Å². The molecule has 0 amide bonds. The number of carboxylic acids is 1. The molecular weight excluding hydrogens is 248 g/mol. The highest BCUT2D eigenvalue weighted by molar-refractivity contribution is 5.75. The molecule has 0 aromatic heterocycles.